The number of hydrogen-bond donors (Lipinski definition) is 0. The summed E-state index contributed by atoms with van der Waals surface area (Å²) in [5, 5.41) is 8.25. The summed E-state index contributed by atoms with van der Waals surface area (Å²) in [5.74, 6) is 0.690. The number of nitrogens with zero attached hydrogens (tertiary/aromatic N) is 4. The monoisotopic (exact) mass is 236 g/mol. The fraction of sp³-hybridized carbons (Fsp3) is 0.400. The smallest absolute Gasteiger partial charge is 0.187 e. The number of aryl methyl sites for hydroxylation is 2. The van der Waals surface area contributed by atoms with Crippen LogP contribution in [0.3, 0.4) is 0 Å². The highest BCUT2D eigenvalue weighted by Gasteiger charge is 2.14. The van der Waals surface area contributed by atoms with Gasteiger partial charge in [-0.15, -0.1) is 5.10 Å². The molecule has 16 heavy (non-hydrogen) atoms. The Kier molecular flexibility index (Phi) is 3.19. The van der Waals surface area contributed by atoms with Gasteiger partial charge in [0.15, 0.2) is 10.9 Å². The minimum absolute atomic E-state index is 0.690. The largest absolute Gasteiger partial charge is 0.342 e. The number of hydrogen-bond acceptors (Lipinski definition) is 6. The van der Waals surface area contributed by atoms with E-state index in [9.17, 15) is 0 Å². The second kappa shape index (κ2) is 4.61. The summed E-state index contributed by atoms with van der Waals surface area (Å²) in [6.07, 6.45) is 4.57. The van der Waals surface area contributed by atoms with Crippen molar-refractivity contribution in [2.75, 3.05) is 6.26 Å². The van der Waals surface area contributed by atoms with Gasteiger partial charge in [-0.2, -0.15) is 0 Å². The van der Waals surface area contributed by atoms with Crippen molar-refractivity contribution in [3.63, 3.8) is 0 Å². The van der Waals surface area contributed by atoms with E-state index in [1.165, 1.54) is 11.8 Å². The van der Waals surface area contributed by atoms with E-state index in [0.717, 1.165) is 28.5 Å². The number of rotatable bonds is 3. The van der Waals surface area contributed by atoms with Crippen LogP contribution in [-0.4, -0.2) is 26.6 Å². The lowest BCUT2D eigenvalue weighted by atomic mass is 10.1. The third kappa shape index (κ3) is 1.92. The standard InChI is InChI=1S/C10H12N4OS/c1-4-8-7(5-11-10(12-8)16-3)9-6(2)15-14-13-9/h5H,4H2,1-3H3. The molecule has 0 spiro atoms. The Labute approximate surface area is 97.7 Å². The molecule has 0 aliphatic rings. The van der Waals surface area contributed by atoms with Gasteiger partial charge in [-0.25, -0.2) is 9.97 Å². The highest BCUT2D eigenvalue weighted by molar-refractivity contribution is 7.98. The first-order valence-electron chi connectivity index (χ1n) is 4.95. The van der Waals surface area contributed by atoms with Gasteiger partial charge in [0.05, 0.1) is 5.69 Å². The molecule has 2 aromatic heterocycles. The lowest BCUT2D eigenvalue weighted by Gasteiger charge is -2.04. The fourth-order valence-electron chi connectivity index (χ4n) is 1.44. The Morgan fingerprint density at radius 1 is 1.44 bits per heavy atom. The van der Waals surface area contributed by atoms with Crippen LogP contribution in [0.4, 0.5) is 0 Å². The quantitative estimate of drug-likeness (QED) is 0.600. The highest BCUT2D eigenvalue weighted by atomic mass is 32.2. The van der Waals surface area contributed by atoms with Gasteiger partial charge >= 0.3 is 0 Å². The normalized spacial score (nSPS) is 10.7. The lowest BCUT2D eigenvalue weighted by molar-refractivity contribution is 0.374. The van der Waals surface area contributed by atoms with Gasteiger partial charge in [0.2, 0.25) is 0 Å². The van der Waals surface area contributed by atoms with Crippen LogP contribution in [0.5, 0.6) is 0 Å². The van der Waals surface area contributed by atoms with E-state index in [1.807, 2.05) is 13.2 Å². The lowest BCUT2D eigenvalue weighted by Crippen LogP contribution is -1.97. The van der Waals surface area contributed by atoms with Crippen molar-refractivity contribution in [1.82, 2.24) is 20.3 Å². The zero-order valence-electron chi connectivity index (χ0n) is 9.39. The van der Waals surface area contributed by atoms with E-state index < -0.39 is 0 Å². The molecule has 6 heteroatoms. The molecule has 0 saturated heterocycles. The topological polar surface area (TPSA) is 64.7 Å². The maximum absolute atomic E-state index is 4.95. The maximum Gasteiger partial charge on any atom is 0.187 e. The van der Waals surface area contributed by atoms with Crippen molar-refractivity contribution in [3.8, 4) is 11.3 Å². The summed E-state index contributed by atoms with van der Waals surface area (Å²) in [6.45, 7) is 3.88. The summed E-state index contributed by atoms with van der Waals surface area (Å²) in [5.41, 5.74) is 2.60. The predicted octanol–water partition coefficient (Wildman–Crippen LogP) is 2.12. The first-order valence-corrected chi connectivity index (χ1v) is 6.18. The van der Waals surface area contributed by atoms with Crippen LogP contribution in [0.15, 0.2) is 15.9 Å². The molecule has 0 aliphatic heterocycles. The van der Waals surface area contributed by atoms with Crippen LogP contribution in [0.25, 0.3) is 11.3 Å². The van der Waals surface area contributed by atoms with Crippen LogP contribution in [0.1, 0.15) is 18.4 Å². The molecular weight excluding hydrogens is 224 g/mol. The molecule has 0 aromatic carbocycles. The Morgan fingerprint density at radius 3 is 2.81 bits per heavy atom. The van der Waals surface area contributed by atoms with Gasteiger partial charge < -0.3 is 4.52 Å². The summed E-state index contributed by atoms with van der Waals surface area (Å²) in [6, 6.07) is 0. The maximum atomic E-state index is 4.95. The molecule has 0 bridgehead atoms. The van der Waals surface area contributed by atoms with Gasteiger partial charge in [-0.3, -0.25) is 0 Å². The summed E-state index contributed by atoms with van der Waals surface area (Å²) in [4.78, 5) is 8.69. The Bertz CT molecular complexity index is 497. The third-order valence-electron chi connectivity index (χ3n) is 2.27. The van der Waals surface area contributed by atoms with Crippen LogP contribution in [-0.2, 0) is 6.42 Å². The van der Waals surface area contributed by atoms with Gasteiger partial charge in [0, 0.05) is 17.0 Å². The summed E-state index contributed by atoms with van der Waals surface area (Å²) < 4.78 is 4.95. The zero-order chi connectivity index (χ0) is 11.5. The van der Waals surface area contributed by atoms with E-state index in [2.05, 4.69) is 27.3 Å². The van der Waals surface area contributed by atoms with E-state index in [4.69, 9.17) is 4.52 Å². The average molecular weight is 236 g/mol. The molecule has 0 N–H and O–H groups in total. The number of aromatic nitrogens is 4. The molecule has 5 nitrogen and oxygen atoms in total. The number of thioether (sulfide) groups is 1. The van der Waals surface area contributed by atoms with Crippen molar-refractivity contribution in [3.05, 3.63) is 17.7 Å². The molecule has 2 rings (SSSR count). The molecule has 0 fully saturated rings. The first kappa shape index (κ1) is 11.1. The minimum Gasteiger partial charge on any atom is -0.342 e. The molecule has 84 valence electrons. The van der Waals surface area contributed by atoms with E-state index in [0.29, 0.717) is 5.76 Å². The van der Waals surface area contributed by atoms with Crippen LogP contribution >= 0.6 is 11.8 Å². The van der Waals surface area contributed by atoms with Crippen molar-refractivity contribution < 1.29 is 4.52 Å². The Morgan fingerprint density at radius 2 is 2.25 bits per heavy atom. The van der Waals surface area contributed by atoms with Crippen LogP contribution in [0, 0.1) is 6.92 Å². The van der Waals surface area contributed by atoms with Gasteiger partial charge in [0.1, 0.15) is 5.69 Å². The fourth-order valence-corrected chi connectivity index (χ4v) is 1.80. The van der Waals surface area contributed by atoms with Gasteiger partial charge in [-0.05, 0) is 19.6 Å². The van der Waals surface area contributed by atoms with Crippen molar-refractivity contribution in [2.45, 2.75) is 25.4 Å². The van der Waals surface area contributed by atoms with Crippen LogP contribution < -0.4 is 0 Å². The van der Waals surface area contributed by atoms with Gasteiger partial charge in [0.25, 0.3) is 0 Å². The van der Waals surface area contributed by atoms with Crippen LogP contribution in [0.2, 0.25) is 0 Å². The Hall–Kier alpha value is -1.43. The van der Waals surface area contributed by atoms with Crippen molar-refractivity contribution >= 4 is 11.8 Å². The molecule has 0 atom stereocenters. The summed E-state index contributed by atoms with van der Waals surface area (Å²) >= 11 is 1.53. The zero-order valence-corrected chi connectivity index (χ0v) is 10.2. The molecule has 0 saturated carbocycles. The molecule has 0 amide bonds. The van der Waals surface area contributed by atoms with E-state index >= 15 is 0 Å². The van der Waals surface area contributed by atoms with Gasteiger partial charge in [-0.1, -0.05) is 18.7 Å². The third-order valence-corrected chi connectivity index (χ3v) is 2.83. The van der Waals surface area contributed by atoms with E-state index in [1.54, 1.807) is 6.20 Å². The average Bonchev–Trinajstić information content (AvgIpc) is 2.74. The summed E-state index contributed by atoms with van der Waals surface area (Å²) in [7, 11) is 0. The van der Waals surface area contributed by atoms with Crippen molar-refractivity contribution in [1.29, 1.82) is 0 Å². The second-order valence-corrected chi connectivity index (χ2v) is 4.02. The first-order chi connectivity index (χ1) is 7.76. The molecule has 0 aliphatic carbocycles. The molecule has 0 unspecified atom stereocenters. The SMILES string of the molecule is CCc1nc(SC)ncc1-c1nnoc1C. The highest BCUT2D eigenvalue weighted by Crippen LogP contribution is 2.24. The van der Waals surface area contributed by atoms with Crippen molar-refractivity contribution in [2.24, 2.45) is 0 Å². The predicted molar refractivity (Wildman–Crippen MR) is 61.2 cm³/mol. The molecule has 0 radical (unpaired) electrons. The molecule has 2 heterocycles. The van der Waals surface area contributed by atoms with E-state index in [-0.39, 0.29) is 0 Å². The second-order valence-electron chi connectivity index (χ2n) is 3.25. The molecular formula is C10H12N4OS. The molecule has 2 aromatic rings. The minimum atomic E-state index is 0.690. The Balaban J connectivity index is 2.53.